The largest absolute Gasteiger partial charge is 0.479 e. The van der Waals surface area contributed by atoms with Gasteiger partial charge in [0.15, 0.2) is 25.0 Å². The molecule has 5 aliphatic carbocycles. The van der Waals surface area contributed by atoms with Crippen LogP contribution in [-0.4, -0.2) is 205 Å². The molecule has 0 aromatic heterocycles. The molecule has 3 saturated heterocycles. The zero-order chi connectivity index (χ0) is 55.3. The van der Waals surface area contributed by atoms with E-state index in [9.17, 15) is 70.6 Å². The molecule has 22 heteroatoms. The van der Waals surface area contributed by atoms with Crippen LogP contribution in [0.3, 0.4) is 0 Å². The van der Waals surface area contributed by atoms with E-state index in [0.29, 0.717) is 37.7 Å². The molecule has 8 aliphatic rings. The zero-order valence-electron chi connectivity index (χ0n) is 44.4. The van der Waals surface area contributed by atoms with Crippen molar-refractivity contribution < 1.29 is 108 Å². The second kappa shape index (κ2) is 21.0. The van der Waals surface area contributed by atoms with Gasteiger partial charge in [-0.05, 0) is 92.8 Å². The molecule has 4 saturated carbocycles. The fourth-order valence-corrected chi connectivity index (χ4v) is 15.7. The number of rotatable bonds is 12. The molecule has 25 atom stereocenters. The number of allylic oxidation sites excluding steroid dienone is 3. The minimum Gasteiger partial charge on any atom is -0.479 e. The first-order valence-corrected chi connectivity index (χ1v) is 26.5. The third-order valence-electron chi connectivity index (χ3n) is 20.3. The lowest BCUT2D eigenvalue weighted by atomic mass is 9.33. The first kappa shape index (κ1) is 58.4. The van der Waals surface area contributed by atoms with Crippen LogP contribution in [0.1, 0.15) is 107 Å². The highest BCUT2D eigenvalue weighted by molar-refractivity contribution is 5.87. The predicted molar refractivity (Wildman–Crippen MR) is 257 cm³/mol. The number of aliphatic hydroxyl groups excluding tert-OH is 10. The van der Waals surface area contributed by atoms with Crippen LogP contribution in [0.4, 0.5) is 0 Å². The number of hydrogen-bond donors (Lipinski definition) is 11. The molecule has 2 unspecified atom stereocenters. The highest BCUT2D eigenvalue weighted by Crippen LogP contribution is 2.76. The lowest BCUT2D eigenvalue weighted by Gasteiger charge is -2.72. The van der Waals surface area contributed by atoms with Crippen molar-refractivity contribution in [1.82, 2.24) is 0 Å². The molecule has 8 rings (SSSR count). The monoisotopic (exact) mass is 1070 g/mol. The Labute approximate surface area is 436 Å². The summed E-state index contributed by atoms with van der Waals surface area (Å²) in [6.07, 6.45) is -20.6. The van der Waals surface area contributed by atoms with E-state index in [1.165, 1.54) is 6.92 Å². The number of ether oxygens (including phenoxy) is 8. The standard InChI is InChI=1S/C53H82O22/c1-10-23(2)44(67)75-41-42(70-24(3)56)53(22-55)26(17-48(41,4)5)25-11-12-30-49(6)15-14-32(50(7,21-54)29(49)13-16-51(30,8)52(25,9)18-31(53)59)71-47-39(73-46-36(63)34(61)28(58)20-69-46)37(64)38(40(74-47)43(65)66)72-45-35(62)33(60)27(57)19-68-45/h10-11,26-42,45-47,54-55,57-64H,12-22H2,1-9H3,(H,65,66)/b23-10+/t26-,27+,28+,29?,30?,31+,32-,33-,34-,35+,36+,37-,38-,39+,40-,41-,42-,45-,46-,47+,49-,50+,51+,52+,53-/m0/s1. The molecule has 0 bridgehead atoms. The second-order valence-electron chi connectivity index (χ2n) is 24.6. The Morgan fingerprint density at radius 1 is 0.707 bits per heavy atom. The molecule has 426 valence electrons. The number of fused-ring (bicyclic) bond motifs is 7. The first-order valence-electron chi connectivity index (χ1n) is 26.5. The quantitative estimate of drug-likeness (QED) is 0.0528. The highest BCUT2D eigenvalue weighted by Gasteiger charge is 2.74. The summed E-state index contributed by atoms with van der Waals surface area (Å²) in [4.78, 5) is 39.3. The minimum atomic E-state index is -2.04. The van der Waals surface area contributed by atoms with Crippen molar-refractivity contribution in [3.8, 4) is 0 Å². The fraction of sp³-hybridized carbons (Fsp3) is 0.868. The molecule has 3 heterocycles. The summed E-state index contributed by atoms with van der Waals surface area (Å²) in [5, 5.41) is 121. The third-order valence-corrected chi connectivity index (χ3v) is 20.3. The van der Waals surface area contributed by atoms with Crippen LogP contribution in [-0.2, 0) is 52.3 Å². The van der Waals surface area contributed by atoms with Crippen LogP contribution in [0.5, 0.6) is 0 Å². The van der Waals surface area contributed by atoms with E-state index in [-0.39, 0.29) is 24.7 Å². The van der Waals surface area contributed by atoms with Gasteiger partial charge in [-0.25, -0.2) is 9.59 Å². The molecule has 22 nitrogen and oxygen atoms in total. The van der Waals surface area contributed by atoms with Crippen LogP contribution in [0.2, 0.25) is 0 Å². The first-order chi connectivity index (χ1) is 35.0. The normalized spacial score (nSPS) is 50.7. The number of carboxylic acids is 1. The summed E-state index contributed by atoms with van der Waals surface area (Å²) in [6, 6.07) is 0. The number of carbonyl (C=O) groups excluding carboxylic acids is 2. The third kappa shape index (κ3) is 9.34. The molecule has 11 N–H and O–H groups in total. The molecule has 0 radical (unpaired) electrons. The van der Waals surface area contributed by atoms with Crippen molar-refractivity contribution in [3.63, 3.8) is 0 Å². The van der Waals surface area contributed by atoms with Crippen molar-refractivity contribution in [3.05, 3.63) is 23.3 Å². The summed E-state index contributed by atoms with van der Waals surface area (Å²) in [6.45, 7) is 15.1. The van der Waals surface area contributed by atoms with E-state index in [1.807, 2.05) is 20.8 Å². The Bertz CT molecular complexity index is 2190. The molecular weight excluding hydrogens is 989 g/mol. The number of aliphatic hydroxyl groups is 10. The van der Waals surface area contributed by atoms with E-state index < -0.39 is 187 Å². The van der Waals surface area contributed by atoms with E-state index in [1.54, 1.807) is 19.9 Å². The maximum Gasteiger partial charge on any atom is 0.335 e. The van der Waals surface area contributed by atoms with Crippen LogP contribution < -0.4 is 0 Å². The van der Waals surface area contributed by atoms with Gasteiger partial charge in [-0.3, -0.25) is 4.79 Å². The summed E-state index contributed by atoms with van der Waals surface area (Å²) in [5.74, 6) is -3.65. The van der Waals surface area contributed by atoms with Crippen molar-refractivity contribution in [2.45, 2.75) is 212 Å². The van der Waals surface area contributed by atoms with Gasteiger partial charge in [0, 0.05) is 23.3 Å². The molecule has 0 spiro atoms. The van der Waals surface area contributed by atoms with Gasteiger partial charge in [0.1, 0.15) is 67.1 Å². The summed E-state index contributed by atoms with van der Waals surface area (Å²) in [7, 11) is 0. The molecular formula is C53H82O22. The molecule has 0 aromatic carbocycles. The van der Waals surface area contributed by atoms with Crippen molar-refractivity contribution in [1.29, 1.82) is 0 Å². The van der Waals surface area contributed by atoms with Gasteiger partial charge in [-0.1, -0.05) is 59.3 Å². The highest BCUT2D eigenvalue weighted by atomic mass is 16.8. The van der Waals surface area contributed by atoms with Gasteiger partial charge in [-0.2, -0.15) is 0 Å². The molecule has 75 heavy (non-hydrogen) atoms. The Morgan fingerprint density at radius 3 is 1.85 bits per heavy atom. The van der Waals surface area contributed by atoms with Gasteiger partial charge < -0.3 is 94.1 Å². The second-order valence-corrected chi connectivity index (χ2v) is 24.6. The van der Waals surface area contributed by atoms with Crippen molar-refractivity contribution in [2.75, 3.05) is 26.4 Å². The van der Waals surface area contributed by atoms with Crippen molar-refractivity contribution >= 4 is 17.9 Å². The molecule has 0 aromatic rings. The predicted octanol–water partition coefficient (Wildman–Crippen LogP) is -0.0429. The SMILES string of the molecule is C/C=C(\C)C(=O)O[C@H]1[C@H](OC(C)=O)[C@]2(CO)[C@H](O)C[C@]3(C)C(=CCC4[C@@]5(C)CC[C@H](O[C@@H]6O[C@H](C(=O)O)[C@@H](O[C@@H]7OC[C@@H](O)[C@H](O)[C@H]7O)[C@H](O)[C@H]6O[C@@H]6OC[C@@H](O)[C@H](O)[C@H]6O)[C@](C)(CO)C5CC[C@]43C)[C@@H]2CC1(C)C. The Morgan fingerprint density at radius 2 is 1.31 bits per heavy atom. The van der Waals surface area contributed by atoms with Crippen LogP contribution in [0.15, 0.2) is 23.3 Å². The zero-order valence-corrected chi connectivity index (χ0v) is 44.4. The smallest absolute Gasteiger partial charge is 0.335 e. The molecule has 0 amide bonds. The average Bonchev–Trinajstić information content (AvgIpc) is 3.34. The van der Waals surface area contributed by atoms with Crippen molar-refractivity contribution in [2.24, 2.45) is 50.2 Å². The van der Waals surface area contributed by atoms with Gasteiger partial charge in [-0.15, -0.1) is 0 Å². The number of esters is 2. The van der Waals surface area contributed by atoms with Crippen LogP contribution >= 0.6 is 0 Å². The van der Waals surface area contributed by atoms with E-state index >= 15 is 0 Å². The van der Waals surface area contributed by atoms with Crippen LogP contribution in [0, 0.1) is 50.2 Å². The average molecular weight is 1070 g/mol. The Hall–Kier alpha value is -2.75. The number of carboxylic acid groups (broad SMARTS) is 1. The summed E-state index contributed by atoms with van der Waals surface area (Å²) in [5.41, 5.74) is -3.51. The topological polar surface area (TPSA) is 348 Å². The van der Waals surface area contributed by atoms with Gasteiger partial charge in [0.05, 0.1) is 44.1 Å². The van der Waals surface area contributed by atoms with E-state index in [2.05, 4.69) is 26.8 Å². The van der Waals surface area contributed by atoms with Gasteiger partial charge in [0.25, 0.3) is 0 Å². The Balaban J connectivity index is 1.10. The number of aliphatic carboxylic acids is 1. The lowest BCUT2D eigenvalue weighted by Crippen LogP contribution is -2.72. The molecule has 7 fully saturated rings. The van der Waals surface area contributed by atoms with Gasteiger partial charge >= 0.3 is 17.9 Å². The van der Waals surface area contributed by atoms with E-state index in [0.717, 1.165) is 5.57 Å². The number of carbonyl (C=O) groups is 3. The van der Waals surface area contributed by atoms with E-state index in [4.69, 9.17) is 37.9 Å². The number of hydrogen-bond acceptors (Lipinski definition) is 21. The van der Waals surface area contributed by atoms with Gasteiger partial charge in [0.2, 0.25) is 0 Å². The fourth-order valence-electron chi connectivity index (χ4n) is 15.7. The lowest BCUT2D eigenvalue weighted by molar-refractivity contribution is -0.383. The maximum absolute atomic E-state index is 13.4. The minimum absolute atomic E-state index is 0.0432. The maximum atomic E-state index is 13.4. The van der Waals surface area contributed by atoms with Crippen LogP contribution in [0.25, 0.3) is 0 Å². The molecule has 3 aliphatic heterocycles. The summed E-state index contributed by atoms with van der Waals surface area (Å²) >= 11 is 0. The Kier molecular flexibility index (Phi) is 16.4. The summed E-state index contributed by atoms with van der Waals surface area (Å²) < 4.78 is 47.9.